The number of Topliss-reactive ketones (excluding diaryl/α,β-unsaturated/α-hetero) is 1. The van der Waals surface area contributed by atoms with Crippen LogP contribution in [0.25, 0.3) is 0 Å². The molecule has 0 radical (unpaired) electrons. The van der Waals surface area contributed by atoms with E-state index < -0.39 is 37.0 Å². The zero-order valence-electron chi connectivity index (χ0n) is 18.4. The number of aromatic nitrogens is 1. The number of pyridine rings is 1. The van der Waals surface area contributed by atoms with Crippen molar-refractivity contribution in [1.29, 1.82) is 0 Å². The summed E-state index contributed by atoms with van der Waals surface area (Å²) >= 11 is 0. The van der Waals surface area contributed by atoms with Crippen molar-refractivity contribution in [3.05, 3.63) is 29.6 Å². The van der Waals surface area contributed by atoms with Crippen LogP contribution in [-0.4, -0.2) is 85.5 Å². The molecule has 0 amide bonds. The summed E-state index contributed by atoms with van der Waals surface area (Å²) in [5.41, 5.74) is 0.887. The number of aliphatic carboxylic acids is 3. The van der Waals surface area contributed by atoms with Gasteiger partial charge in [0.05, 0.1) is 25.3 Å². The van der Waals surface area contributed by atoms with Crippen molar-refractivity contribution >= 4 is 23.7 Å². The number of carbonyl (C=O) groups is 4. The molecular formula is C22H31N3O7. The van der Waals surface area contributed by atoms with Gasteiger partial charge in [-0.3, -0.25) is 34.0 Å². The van der Waals surface area contributed by atoms with Crippen molar-refractivity contribution in [3.8, 4) is 0 Å². The van der Waals surface area contributed by atoms with Crippen LogP contribution in [0.15, 0.2) is 18.3 Å². The van der Waals surface area contributed by atoms with Crippen molar-refractivity contribution in [2.75, 3.05) is 19.6 Å². The molecule has 1 unspecified atom stereocenters. The summed E-state index contributed by atoms with van der Waals surface area (Å²) < 4.78 is 0. The van der Waals surface area contributed by atoms with Crippen LogP contribution in [-0.2, 0) is 20.9 Å². The predicted octanol–water partition coefficient (Wildman–Crippen LogP) is 1.59. The fourth-order valence-electron chi connectivity index (χ4n) is 4.34. The SMILES string of the molecule is CC(C)C(=O)c1cccnc1CN(CC(=O)O)[C@H]1CCCCC1N(CC(=O)O)CC(=O)O. The van der Waals surface area contributed by atoms with Gasteiger partial charge in [-0.15, -0.1) is 0 Å². The summed E-state index contributed by atoms with van der Waals surface area (Å²) in [6.45, 7) is 2.42. The van der Waals surface area contributed by atoms with Gasteiger partial charge in [0.25, 0.3) is 0 Å². The van der Waals surface area contributed by atoms with E-state index >= 15 is 0 Å². The zero-order chi connectivity index (χ0) is 23.8. The number of rotatable bonds is 12. The molecule has 10 nitrogen and oxygen atoms in total. The number of carboxylic acids is 3. The van der Waals surface area contributed by atoms with Gasteiger partial charge in [-0.25, -0.2) is 0 Å². The maximum Gasteiger partial charge on any atom is 0.317 e. The Labute approximate surface area is 186 Å². The van der Waals surface area contributed by atoms with Crippen molar-refractivity contribution < 1.29 is 34.5 Å². The highest BCUT2D eigenvalue weighted by Gasteiger charge is 2.37. The Bertz CT molecular complexity index is 827. The van der Waals surface area contributed by atoms with Crippen LogP contribution in [0.5, 0.6) is 0 Å². The topological polar surface area (TPSA) is 148 Å². The predicted molar refractivity (Wildman–Crippen MR) is 114 cm³/mol. The summed E-state index contributed by atoms with van der Waals surface area (Å²) in [4.78, 5) is 54.5. The summed E-state index contributed by atoms with van der Waals surface area (Å²) in [6.07, 6.45) is 4.30. The molecule has 1 fully saturated rings. The maximum absolute atomic E-state index is 12.6. The molecule has 32 heavy (non-hydrogen) atoms. The van der Waals surface area contributed by atoms with Crippen molar-refractivity contribution in [2.24, 2.45) is 5.92 Å². The maximum atomic E-state index is 12.6. The summed E-state index contributed by atoms with van der Waals surface area (Å²) in [5.74, 6) is -3.70. The molecule has 2 atom stereocenters. The number of carboxylic acid groups (broad SMARTS) is 3. The van der Waals surface area contributed by atoms with Gasteiger partial charge in [0, 0.05) is 36.3 Å². The third kappa shape index (κ3) is 7.10. The second-order valence-corrected chi connectivity index (χ2v) is 8.43. The van der Waals surface area contributed by atoms with Crippen LogP contribution in [0.4, 0.5) is 0 Å². The second kappa shape index (κ2) is 11.7. The molecule has 0 bridgehead atoms. The first-order chi connectivity index (χ1) is 15.1. The molecular weight excluding hydrogens is 418 g/mol. The van der Waals surface area contributed by atoms with Gasteiger partial charge in [0.2, 0.25) is 0 Å². The fraction of sp³-hybridized carbons (Fsp3) is 0.591. The van der Waals surface area contributed by atoms with Gasteiger partial charge < -0.3 is 15.3 Å². The van der Waals surface area contributed by atoms with Crippen LogP contribution in [0, 0.1) is 5.92 Å². The summed E-state index contributed by atoms with van der Waals surface area (Å²) in [6, 6.07) is 2.50. The standard InChI is InChI=1S/C22H31N3O7/c1-14(2)22(32)15-6-5-9-23-16(15)10-24(11-19(26)27)17-7-3-4-8-18(17)25(12-20(28)29)13-21(30)31/h5-6,9,14,17-18H,3-4,7-8,10-13H2,1-2H3,(H,26,27)(H,28,29)(H,30,31)/t17-,18?/m0/s1. The van der Waals surface area contributed by atoms with E-state index in [4.69, 9.17) is 0 Å². The Hall–Kier alpha value is -2.85. The number of carbonyl (C=O) groups excluding carboxylic acids is 1. The quantitative estimate of drug-likeness (QED) is 0.402. The molecule has 1 aliphatic carbocycles. The molecule has 176 valence electrons. The first kappa shape index (κ1) is 25.4. The van der Waals surface area contributed by atoms with E-state index in [1.54, 1.807) is 37.1 Å². The molecule has 1 heterocycles. The van der Waals surface area contributed by atoms with Gasteiger partial charge in [-0.2, -0.15) is 0 Å². The minimum Gasteiger partial charge on any atom is -0.480 e. The molecule has 1 saturated carbocycles. The molecule has 1 aromatic heterocycles. The lowest BCUT2D eigenvalue weighted by atomic mass is 9.87. The van der Waals surface area contributed by atoms with Gasteiger partial charge in [0.15, 0.2) is 5.78 Å². The van der Waals surface area contributed by atoms with Crippen molar-refractivity contribution in [2.45, 2.75) is 58.2 Å². The third-order valence-electron chi connectivity index (χ3n) is 5.68. The summed E-state index contributed by atoms with van der Waals surface area (Å²) in [7, 11) is 0. The monoisotopic (exact) mass is 449 g/mol. The second-order valence-electron chi connectivity index (χ2n) is 8.43. The molecule has 0 aliphatic heterocycles. The average Bonchev–Trinajstić information content (AvgIpc) is 2.71. The minimum absolute atomic E-state index is 0.0933. The normalized spacial score (nSPS) is 18.8. The molecule has 3 N–H and O–H groups in total. The largest absolute Gasteiger partial charge is 0.480 e. The van der Waals surface area contributed by atoms with Gasteiger partial charge in [0.1, 0.15) is 0 Å². The highest BCUT2D eigenvalue weighted by atomic mass is 16.4. The lowest BCUT2D eigenvalue weighted by molar-refractivity contribution is -0.146. The van der Waals surface area contributed by atoms with Crippen LogP contribution < -0.4 is 0 Å². The zero-order valence-corrected chi connectivity index (χ0v) is 18.4. The average molecular weight is 450 g/mol. The van der Waals surface area contributed by atoms with E-state index in [1.807, 2.05) is 0 Å². The molecule has 1 aromatic rings. The van der Waals surface area contributed by atoms with E-state index in [-0.39, 0.29) is 30.8 Å². The van der Waals surface area contributed by atoms with E-state index in [9.17, 15) is 34.5 Å². The fourth-order valence-corrected chi connectivity index (χ4v) is 4.34. The molecule has 1 aliphatic rings. The summed E-state index contributed by atoms with van der Waals surface area (Å²) in [5, 5.41) is 28.1. The van der Waals surface area contributed by atoms with E-state index in [1.165, 1.54) is 4.90 Å². The van der Waals surface area contributed by atoms with Crippen molar-refractivity contribution in [3.63, 3.8) is 0 Å². The smallest absolute Gasteiger partial charge is 0.317 e. The Balaban J connectivity index is 2.40. The third-order valence-corrected chi connectivity index (χ3v) is 5.68. The number of hydrogen-bond acceptors (Lipinski definition) is 7. The van der Waals surface area contributed by atoms with Crippen LogP contribution in [0.2, 0.25) is 0 Å². The number of hydrogen-bond donors (Lipinski definition) is 3. The van der Waals surface area contributed by atoms with Crippen molar-refractivity contribution in [1.82, 2.24) is 14.8 Å². The highest BCUT2D eigenvalue weighted by molar-refractivity contribution is 5.98. The lowest BCUT2D eigenvalue weighted by Crippen LogP contribution is -2.56. The number of nitrogens with zero attached hydrogens (tertiary/aromatic N) is 3. The molecule has 2 rings (SSSR count). The molecule has 0 saturated heterocycles. The van der Waals surface area contributed by atoms with Gasteiger partial charge in [-0.1, -0.05) is 26.7 Å². The van der Waals surface area contributed by atoms with Gasteiger partial charge >= 0.3 is 17.9 Å². The van der Waals surface area contributed by atoms with Crippen LogP contribution >= 0.6 is 0 Å². The van der Waals surface area contributed by atoms with Crippen LogP contribution in [0.1, 0.15) is 55.6 Å². The molecule has 0 aromatic carbocycles. The first-order valence-corrected chi connectivity index (χ1v) is 10.7. The van der Waals surface area contributed by atoms with Crippen LogP contribution in [0.3, 0.4) is 0 Å². The minimum atomic E-state index is -1.14. The van der Waals surface area contributed by atoms with E-state index in [0.29, 0.717) is 24.1 Å². The number of ketones is 1. The Morgan fingerprint density at radius 1 is 0.938 bits per heavy atom. The Morgan fingerprint density at radius 2 is 1.44 bits per heavy atom. The Kier molecular flexibility index (Phi) is 9.27. The highest BCUT2D eigenvalue weighted by Crippen LogP contribution is 2.29. The lowest BCUT2D eigenvalue weighted by Gasteiger charge is -2.43. The molecule has 0 spiro atoms. The van der Waals surface area contributed by atoms with Gasteiger partial charge in [-0.05, 0) is 25.0 Å². The van der Waals surface area contributed by atoms with E-state index in [2.05, 4.69) is 4.98 Å². The first-order valence-electron chi connectivity index (χ1n) is 10.7. The van der Waals surface area contributed by atoms with E-state index in [0.717, 1.165) is 12.8 Å². The molecule has 10 heteroatoms. The Morgan fingerprint density at radius 3 is 1.94 bits per heavy atom.